The van der Waals surface area contributed by atoms with E-state index in [1.807, 2.05) is 12.1 Å². The molecule has 0 radical (unpaired) electrons. The molecule has 4 nitrogen and oxygen atoms in total. The highest BCUT2D eigenvalue weighted by Gasteiger charge is 2.19. The molecule has 5 heteroatoms. The topological polar surface area (TPSA) is 72.2 Å². The molecule has 1 unspecified atom stereocenters. The van der Waals surface area contributed by atoms with Crippen molar-refractivity contribution in [3.63, 3.8) is 0 Å². The summed E-state index contributed by atoms with van der Waals surface area (Å²) >= 11 is 0. The maximum absolute atomic E-state index is 12.4. The zero-order chi connectivity index (χ0) is 15.3. The minimum atomic E-state index is -3.40. The Morgan fingerprint density at radius 1 is 1.24 bits per heavy atom. The summed E-state index contributed by atoms with van der Waals surface area (Å²) in [5.74, 6) is 0.323. The van der Waals surface area contributed by atoms with Crippen LogP contribution in [0.2, 0.25) is 0 Å². The number of fused-ring (bicyclic) bond motifs is 1. The van der Waals surface area contributed by atoms with Gasteiger partial charge in [-0.2, -0.15) is 0 Å². The second-order valence-corrected chi connectivity index (χ2v) is 7.63. The van der Waals surface area contributed by atoms with Crippen LogP contribution < -0.4 is 10.5 Å². The Morgan fingerprint density at radius 3 is 2.71 bits per heavy atom. The Hall–Kier alpha value is -0.910. The summed E-state index contributed by atoms with van der Waals surface area (Å²) in [6, 6.07) is 5.52. The smallest absolute Gasteiger partial charge is 0.240 e. The number of nitrogens with two attached hydrogens (primary N) is 1. The average molecular weight is 310 g/mol. The van der Waals surface area contributed by atoms with E-state index in [0.29, 0.717) is 23.9 Å². The van der Waals surface area contributed by atoms with Crippen molar-refractivity contribution < 1.29 is 8.42 Å². The van der Waals surface area contributed by atoms with Crippen molar-refractivity contribution in [3.8, 4) is 0 Å². The predicted octanol–water partition coefficient (Wildman–Crippen LogP) is 2.22. The Balaban J connectivity index is 2.04. The quantitative estimate of drug-likeness (QED) is 0.773. The van der Waals surface area contributed by atoms with Gasteiger partial charge in [-0.25, -0.2) is 13.1 Å². The summed E-state index contributed by atoms with van der Waals surface area (Å²) < 4.78 is 27.6. The van der Waals surface area contributed by atoms with Crippen LogP contribution >= 0.6 is 0 Å². The molecule has 1 aromatic rings. The number of sulfonamides is 1. The fourth-order valence-corrected chi connectivity index (χ4v) is 4.19. The average Bonchev–Trinajstić information content (AvgIpc) is 2.92. The predicted molar refractivity (Wildman–Crippen MR) is 85.7 cm³/mol. The highest BCUT2D eigenvalue weighted by molar-refractivity contribution is 7.89. The molecule has 1 aliphatic rings. The zero-order valence-electron chi connectivity index (χ0n) is 12.8. The molecular weight excluding hydrogens is 284 g/mol. The highest BCUT2D eigenvalue weighted by atomic mass is 32.2. The molecule has 0 heterocycles. The van der Waals surface area contributed by atoms with Crippen molar-refractivity contribution in [2.45, 2.75) is 50.3 Å². The molecule has 1 atom stereocenters. The molecule has 0 amide bonds. The first-order chi connectivity index (χ1) is 10.1. The van der Waals surface area contributed by atoms with Gasteiger partial charge in [-0.05, 0) is 67.8 Å². The Morgan fingerprint density at radius 2 is 2.00 bits per heavy atom. The summed E-state index contributed by atoms with van der Waals surface area (Å²) in [5, 5.41) is 0. The largest absolute Gasteiger partial charge is 0.330 e. The van der Waals surface area contributed by atoms with E-state index in [9.17, 15) is 8.42 Å². The van der Waals surface area contributed by atoms with E-state index in [0.717, 1.165) is 38.5 Å². The van der Waals surface area contributed by atoms with Crippen molar-refractivity contribution in [2.24, 2.45) is 11.7 Å². The lowest BCUT2D eigenvalue weighted by Crippen LogP contribution is -2.30. The van der Waals surface area contributed by atoms with Crippen LogP contribution in [0.25, 0.3) is 0 Å². The molecule has 0 saturated heterocycles. The second kappa shape index (κ2) is 7.38. The molecule has 0 spiro atoms. The first kappa shape index (κ1) is 16.5. The molecule has 0 saturated carbocycles. The Labute approximate surface area is 128 Å². The molecular formula is C16H26N2O2S. The van der Waals surface area contributed by atoms with Crippen LogP contribution in [0.15, 0.2) is 23.1 Å². The monoisotopic (exact) mass is 310 g/mol. The van der Waals surface area contributed by atoms with E-state index in [1.165, 1.54) is 11.1 Å². The lowest BCUT2D eigenvalue weighted by Gasteiger charge is -2.16. The molecule has 118 valence electrons. The zero-order valence-corrected chi connectivity index (χ0v) is 13.6. The molecule has 1 aliphatic carbocycles. The fraction of sp³-hybridized carbons (Fsp3) is 0.625. The van der Waals surface area contributed by atoms with E-state index in [2.05, 4.69) is 11.6 Å². The van der Waals surface area contributed by atoms with Gasteiger partial charge in [0.15, 0.2) is 0 Å². The standard InChI is InChI=1S/C16H26N2O2S/c1-2-4-13(9-10-17)12-18-21(19,20)16-8-7-14-5-3-6-15(14)11-16/h7-8,11,13,18H,2-6,9-10,12,17H2,1H3. The third-order valence-electron chi connectivity index (χ3n) is 4.21. The van der Waals surface area contributed by atoms with Gasteiger partial charge >= 0.3 is 0 Å². The molecule has 2 rings (SSSR count). The molecule has 0 aliphatic heterocycles. The van der Waals surface area contributed by atoms with Gasteiger partial charge in [-0.1, -0.05) is 19.4 Å². The lowest BCUT2D eigenvalue weighted by atomic mass is 10.0. The van der Waals surface area contributed by atoms with Gasteiger partial charge in [0.05, 0.1) is 4.90 Å². The summed E-state index contributed by atoms with van der Waals surface area (Å²) in [7, 11) is -3.40. The molecule has 0 fully saturated rings. The minimum absolute atomic E-state index is 0.323. The van der Waals surface area contributed by atoms with Crippen molar-refractivity contribution in [1.82, 2.24) is 4.72 Å². The lowest BCUT2D eigenvalue weighted by molar-refractivity contribution is 0.443. The molecule has 0 bridgehead atoms. The van der Waals surface area contributed by atoms with Crippen LogP contribution in [0.5, 0.6) is 0 Å². The summed E-state index contributed by atoms with van der Waals surface area (Å²) in [5.41, 5.74) is 8.07. The summed E-state index contributed by atoms with van der Waals surface area (Å²) in [6.45, 7) is 3.19. The maximum Gasteiger partial charge on any atom is 0.240 e. The van der Waals surface area contributed by atoms with Gasteiger partial charge in [0.25, 0.3) is 0 Å². The van der Waals surface area contributed by atoms with Crippen LogP contribution in [0, 0.1) is 5.92 Å². The van der Waals surface area contributed by atoms with Gasteiger partial charge in [0.1, 0.15) is 0 Å². The van der Waals surface area contributed by atoms with Crippen LogP contribution in [0.4, 0.5) is 0 Å². The number of rotatable bonds is 8. The number of benzene rings is 1. The number of hydrogen-bond acceptors (Lipinski definition) is 3. The van der Waals surface area contributed by atoms with Gasteiger partial charge in [-0.15, -0.1) is 0 Å². The molecule has 1 aromatic carbocycles. The Bertz CT molecular complexity index is 564. The normalized spacial score (nSPS) is 15.9. The van der Waals surface area contributed by atoms with E-state index in [4.69, 9.17) is 5.73 Å². The van der Waals surface area contributed by atoms with E-state index >= 15 is 0 Å². The highest BCUT2D eigenvalue weighted by Crippen LogP contribution is 2.24. The van der Waals surface area contributed by atoms with Crippen molar-refractivity contribution in [2.75, 3.05) is 13.1 Å². The van der Waals surface area contributed by atoms with E-state index in [1.54, 1.807) is 6.07 Å². The summed E-state index contributed by atoms with van der Waals surface area (Å²) in [6.07, 6.45) is 6.10. The van der Waals surface area contributed by atoms with Gasteiger partial charge in [0.2, 0.25) is 10.0 Å². The van der Waals surface area contributed by atoms with Crippen LogP contribution in [-0.4, -0.2) is 21.5 Å². The van der Waals surface area contributed by atoms with Crippen LogP contribution in [0.3, 0.4) is 0 Å². The van der Waals surface area contributed by atoms with Gasteiger partial charge in [-0.3, -0.25) is 0 Å². The third-order valence-corrected chi connectivity index (χ3v) is 5.64. The van der Waals surface area contributed by atoms with Crippen molar-refractivity contribution in [1.29, 1.82) is 0 Å². The maximum atomic E-state index is 12.4. The van der Waals surface area contributed by atoms with Crippen molar-refractivity contribution in [3.05, 3.63) is 29.3 Å². The third kappa shape index (κ3) is 4.28. The molecule has 0 aromatic heterocycles. The first-order valence-corrected chi connectivity index (χ1v) is 9.36. The first-order valence-electron chi connectivity index (χ1n) is 7.88. The van der Waals surface area contributed by atoms with Crippen LogP contribution in [0.1, 0.15) is 43.7 Å². The summed E-state index contributed by atoms with van der Waals surface area (Å²) in [4.78, 5) is 0.395. The van der Waals surface area contributed by atoms with E-state index in [-0.39, 0.29) is 0 Å². The van der Waals surface area contributed by atoms with Crippen molar-refractivity contribution >= 4 is 10.0 Å². The van der Waals surface area contributed by atoms with Gasteiger partial charge < -0.3 is 5.73 Å². The second-order valence-electron chi connectivity index (χ2n) is 5.87. The number of hydrogen-bond donors (Lipinski definition) is 2. The number of aryl methyl sites for hydroxylation is 2. The SMILES string of the molecule is CCCC(CCN)CNS(=O)(=O)c1ccc2c(c1)CCC2. The molecule has 21 heavy (non-hydrogen) atoms. The van der Waals surface area contributed by atoms with Gasteiger partial charge in [0, 0.05) is 6.54 Å². The number of nitrogens with one attached hydrogen (secondary N) is 1. The minimum Gasteiger partial charge on any atom is -0.330 e. The van der Waals surface area contributed by atoms with Crippen LogP contribution in [-0.2, 0) is 22.9 Å². The fourth-order valence-electron chi connectivity index (χ4n) is 3.02. The molecule has 3 N–H and O–H groups in total. The van der Waals surface area contributed by atoms with E-state index < -0.39 is 10.0 Å². The Kier molecular flexibility index (Phi) is 5.79.